The molecule has 0 fully saturated rings. The molecule has 124 valence electrons. The minimum absolute atomic E-state index is 0.305. The monoisotopic (exact) mass is 336 g/mol. The van der Waals surface area contributed by atoms with E-state index in [4.69, 9.17) is 21.1 Å². The molecule has 1 heterocycles. The molecule has 0 bridgehead atoms. The van der Waals surface area contributed by atoms with Crippen molar-refractivity contribution in [1.82, 2.24) is 9.55 Å². The van der Waals surface area contributed by atoms with E-state index < -0.39 is 5.97 Å². The Labute approximate surface area is 141 Å². The first-order chi connectivity index (χ1) is 11.0. The van der Waals surface area contributed by atoms with E-state index in [9.17, 15) is 4.79 Å². The predicted molar refractivity (Wildman–Crippen MR) is 89.7 cm³/mol. The van der Waals surface area contributed by atoms with Crippen LogP contribution in [0.15, 0.2) is 24.3 Å². The highest BCUT2D eigenvalue weighted by Gasteiger charge is 2.26. The minimum Gasteiger partial charge on any atom is -0.461 e. The second-order valence-electron chi connectivity index (χ2n) is 5.02. The van der Waals surface area contributed by atoms with E-state index in [-0.39, 0.29) is 6.23 Å². The molecule has 0 radical (unpaired) electrons. The number of aryl methyl sites for hydroxylation is 1. The van der Waals surface area contributed by atoms with Crippen LogP contribution < -0.4 is 0 Å². The van der Waals surface area contributed by atoms with E-state index in [2.05, 4.69) is 4.98 Å². The molecule has 2 aromatic rings. The number of benzene rings is 1. The number of carbonyl (C=O) groups excluding carboxylic acids is 1. The number of carbonyl (C=O) groups is 1. The van der Waals surface area contributed by atoms with Gasteiger partial charge < -0.3 is 9.47 Å². The lowest BCUT2D eigenvalue weighted by molar-refractivity contribution is 0.0195. The third kappa shape index (κ3) is 3.74. The van der Waals surface area contributed by atoms with Gasteiger partial charge in [0.2, 0.25) is 0 Å². The van der Waals surface area contributed by atoms with Crippen molar-refractivity contribution < 1.29 is 14.3 Å². The van der Waals surface area contributed by atoms with E-state index in [0.29, 0.717) is 35.4 Å². The van der Waals surface area contributed by atoms with Crippen LogP contribution in [0, 0.1) is 6.92 Å². The molecule has 0 aliphatic heterocycles. The van der Waals surface area contributed by atoms with Gasteiger partial charge in [0.05, 0.1) is 12.3 Å². The van der Waals surface area contributed by atoms with Crippen LogP contribution in [0.4, 0.5) is 0 Å². The lowest BCUT2D eigenvalue weighted by Crippen LogP contribution is -2.19. The molecule has 6 heteroatoms. The predicted octanol–water partition coefficient (Wildman–Crippen LogP) is 4.24. The number of imidazole rings is 1. The number of aromatic nitrogens is 2. The van der Waals surface area contributed by atoms with Gasteiger partial charge in [-0.05, 0) is 39.8 Å². The summed E-state index contributed by atoms with van der Waals surface area (Å²) in [5.74, 6) is 0.228. The van der Waals surface area contributed by atoms with Crippen LogP contribution >= 0.6 is 11.6 Å². The Balaban J connectivity index is 2.62. The molecule has 2 rings (SSSR count). The van der Waals surface area contributed by atoms with Crippen molar-refractivity contribution in [3.8, 4) is 11.4 Å². The first-order valence-corrected chi connectivity index (χ1v) is 8.00. The number of hydrogen-bond donors (Lipinski definition) is 0. The first kappa shape index (κ1) is 17.5. The highest BCUT2D eigenvalue weighted by Crippen LogP contribution is 2.29. The number of halogens is 1. The molecular weight excluding hydrogens is 316 g/mol. The molecule has 1 aromatic carbocycles. The van der Waals surface area contributed by atoms with Gasteiger partial charge in [0.1, 0.15) is 12.1 Å². The highest BCUT2D eigenvalue weighted by atomic mass is 35.5. The second kappa shape index (κ2) is 7.62. The summed E-state index contributed by atoms with van der Waals surface area (Å²) in [4.78, 5) is 16.9. The van der Waals surface area contributed by atoms with Crippen LogP contribution in [0.2, 0.25) is 5.02 Å². The van der Waals surface area contributed by atoms with Crippen LogP contribution in [0.5, 0.6) is 0 Å². The smallest absolute Gasteiger partial charge is 0.356 e. The van der Waals surface area contributed by atoms with Crippen LogP contribution in [-0.2, 0) is 9.47 Å². The number of rotatable bonds is 6. The third-order valence-corrected chi connectivity index (χ3v) is 3.64. The van der Waals surface area contributed by atoms with E-state index in [1.807, 2.05) is 32.0 Å². The molecule has 0 amide bonds. The van der Waals surface area contributed by atoms with Gasteiger partial charge in [0.15, 0.2) is 5.69 Å². The Morgan fingerprint density at radius 3 is 2.70 bits per heavy atom. The fraction of sp³-hybridized carbons (Fsp3) is 0.412. The van der Waals surface area contributed by atoms with E-state index in [1.165, 1.54) is 0 Å². The maximum atomic E-state index is 12.3. The van der Waals surface area contributed by atoms with Gasteiger partial charge in [-0.2, -0.15) is 0 Å². The standard InChI is InChI=1S/C17H21ClN2O3/c1-5-22-12(4)20-15(17(21)23-6-2)11(3)19-16(20)13-8-7-9-14(18)10-13/h7-10,12H,5-6H2,1-4H3. The zero-order valence-corrected chi connectivity index (χ0v) is 14.6. The van der Waals surface area contributed by atoms with Crippen molar-refractivity contribution in [2.24, 2.45) is 0 Å². The fourth-order valence-electron chi connectivity index (χ4n) is 2.49. The molecule has 0 aliphatic rings. The molecule has 5 nitrogen and oxygen atoms in total. The molecule has 1 atom stereocenters. The first-order valence-electron chi connectivity index (χ1n) is 7.63. The summed E-state index contributed by atoms with van der Waals surface area (Å²) < 4.78 is 12.6. The third-order valence-electron chi connectivity index (χ3n) is 3.41. The fourth-order valence-corrected chi connectivity index (χ4v) is 2.68. The van der Waals surface area contributed by atoms with Gasteiger partial charge in [-0.25, -0.2) is 9.78 Å². The SMILES string of the molecule is CCOC(=O)c1c(C)nc(-c2cccc(Cl)c2)n1C(C)OCC. The summed E-state index contributed by atoms with van der Waals surface area (Å²) in [5.41, 5.74) is 1.83. The molecule has 0 saturated carbocycles. The zero-order valence-electron chi connectivity index (χ0n) is 13.8. The van der Waals surface area contributed by atoms with Gasteiger partial charge in [-0.15, -0.1) is 0 Å². The Hall–Kier alpha value is -1.85. The zero-order chi connectivity index (χ0) is 17.0. The number of ether oxygens (including phenoxy) is 2. The summed E-state index contributed by atoms with van der Waals surface area (Å²) in [6, 6.07) is 7.36. The molecule has 1 unspecified atom stereocenters. The quantitative estimate of drug-likeness (QED) is 0.740. The summed E-state index contributed by atoms with van der Waals surface area (Å²) in [6.07, 6.45) is -0.352. The van der Waals surface area contributed by atoms with Crippen molar-refractivity contribution in [3.63, 3.8) is 0 Å². The topological polar surface area (TPSA) is 53.3 Å². The summed E-state index contributed by atoms with van der Waals surface area (Å²) in [7, 11) is 0. The maximum Gasteiger partial charge on any atom is 0.356 e. The molecule has 1 aromatic heterocycles. The van der Waals surface area contributed by atoms with Gasteiger partial charge in [0, 0.05) is 17.2 Å². The number of esters is 1. The average molecular weight is 337 g/mol. The molecule has 0 spiro atoms. The van der Waals surface area contributed by atoms with Crippen molar-refractivity contribution in [3.05, 3.63) is 40.7 Å². The van der Waals surface area contributed by atoms with E-state index >= 15 is 0 Å². The minimum atomic E-state index is -0.405. The lowest BCUT2D eigenvalue weighted by Gasteiger charge is -2.19. The van der Waals surface area contributed by atoms with E-state index in [0.717, 1.165) is 5.56 Å². The van der Waals surface area contributed by atoms with Crippen molar-refractivity contribution in [2.75, 3.05) is 13.2 Å². The van der Waals surface area contributed by atoms with Crippen LogP contribution in [0.25, 0.3) is 11.4 Å². The van der Waals surface area contributed by atoms with Crippen LogP contribution in [0.3, 0.4) is 0 Å². The summed E-state index contributed by atoms with van der Waals surface area (Å²) in [5, 5.41) is 0.608. The molecular formula is C17H21ClN2O3. The van der Waals surface area contributed by atoms with Gasteiger partial charge in [-0.1, -0.05) is 23.7 Å². The highest BCUT2D eigenvalue weighted by molar-refractivity contribution is 6.30. The Bertz CT molecular complexity index is 697. The van der Waals surface area contributed by atoms with Crippen molar-refractivity contribution >= 4 is 17.6 Å². The Morgan fingerprint density at radius 2 is 2.09 bits per heavy atom. The lowest BCUT2D eigenvalue weighted by atomic mass is 10.2. The van der Waals surface area contributed by atoms with Crippen LogP contribution in [0.1, 0.15) is 43.2 Å². The summed E-state index contributed by atoms with van der Waals surface area (Å²) >= 11 is 6.09. The molecule has 0 aliphatic carbocycles. The van der Waals surface area contributed by atoms with Crippen molar-refractivity contribution in [2.45, 2.75) is 33.9 Å². The Kier molecular flexibility index (Phi) is 5.80. The van der Waals surface area contributed by atoms with E-state index in [1.54, 1.807) is 24.5 Å². The van der Waals surface area contributed by atoms with Gasteiger partial charge in [0.25, 0.3) is 0 Å². The Morgan fingerprint density at radius 1 is 1.35 bits per heavy atom. The second-order valence-corrected chi connectivity index (χ2v) is 5.46. The average Bonchev–Trinajstić information content (AvgIpc) is 2.85. The van der Waals surface area contributed by atoms with Gasteiger partial charge in [-0.3, -0.25) is 4.57 Å². The van der Waals surface area contributed by atoms with Crippen molar-refractivity contribution in [1.29, 1.82) is 0 Å². The van der Waals surface area contributed by atoms with Crippen LogP contribution in [-0.4, -0.2) is 28.7 Å². The summed E-state index contributed by atoms with van der Waals surface area (Å²) in [6.45, 7) is 8.17. The number of hydrogen-bond acceptors (Lipinski definition) is 4. The molecule has 0 N–H and O–H groups in total. The largest absolute Gasteiger partial charge is 0.461 e. The molecule has 0 saturated heterocycles. The number of nitrogens with zero attached hydrogens (tertiary/aromatic N) is 2. The van der Waals surface area contributed by atoms with Gasteiger partial charge >= 0.3 is 5.97 Å². The maximum absolute atomic E-state index is 12.3. The normalized spacial score (nSPS) is 12.2. The molecule has 23 heavy (non-hydrogen) atoms.